The lowest BCUT2D eigenvalue weighted by molar-refractivity contribution is -0.128. The lowest BCUT2D eigenvalue weighted by Crippen LogP contribution is -2.35. The Morgan fingerprint density at radius 1 is 0.833 bits per heavy atom. The van der Waals surface area contributed by atoms with Crippen LogP contribution in [0.5, 0.6) is 0 Å². The smallest absolute Gasteiger partial charge is 0.233 e. The van der Waals surface area contributed by atoms with Crippen LogP contribution in [0.1, 0.15) is 43.5 Å². The SMILES string of the molecule is O=C(CSc1nnc(Cc2ccccc2)n1-c1ccccc1)N1CCCCCCC1. The van der Waals surface area contributed by atoms with E-state index < -0.39 is 0 Å². The molecule has 1 amide bonds. The van der Waals surface area contributed by atoms with Crippen LogP contribution in [-0.4, -0.2) is 44.4 Å². The van der Waals surface area contributed by atoms with Crippen LogP contribution in [0.15, 0.2) is 65.8 Å². The monoisotopic (exact) mass is 420 g/mol. The first-order valence-corrected chi connectivity index (χ1v) is 11.7. The number of hydrogen-bond acceptors (Lipinski definition) is 4. The molecule has 156 valence electrons. The Bertz CT molecular complexity index is 934. The fourth-order valence-electron chi connectivity index (χ4n) is 3.84. The molecule has 30 heavy (non-hydrogen) atoms. The van der Waals surface area contributed by atoms with Gasteiger partial charge in [0.15, 0.2) is 5.16 Å². The molecule has 0 N–H and O–H groups in total. The number of carbonyl (C=O) groups excluding carboxylic acids is 1. The van der Waals surface area contributed by atoms with Gasteiger partial charge in [0.1, 0.15) is 5.82 Å². The molecule has 0 aliphatic carbocycles. The van der Waals surface area contributed by atoms with Gasteiger partial charge in [0.2, 0.25) is 5.91 Å². The van der Waals surface area contributed by atoms with Gasteiger partial charge in [0, 0.05) is 25.2 Å². The zero-order valence-corrected chi connectivity index (χ0v) is 18.1. The van der Waals surface area contributed by atoms with E-state index in [1.807, 2.05) is 41.3 Å². The van der Waals surface area contributed by atoms with E-state index in [-0.39, 0.29) is 5.91 Å². The molecule has 2 heterocycles. The number of thioether (sulfide) groups is 1. The largest absolute Gasteiger partial charge is 0.342 e. The van der Waals surface area contributed by atoms with E-state index in [1.165, 1.54) is 36.6 Å². The fourth-order valence-corrected chi connectivity index (χ4v) is 4.71. The van der Waals surface area contributed by atoms with Gasteiger partial charge in [-0.25, -0.2) is 0 Å². The molecule has 1 aromatic heterocycles. The van der Waals surface area contributed by atoms with E-state index in [4.69, 9.17) is 0 Å². The van der Waals surface area contributed by atoms with Gasteiger partial charge in [-0.15, -0.1) is 10.2 Å². The molecule has 5 nitrogen and oxygen atoms in total. The molecule has 0 saturated carbocycles. The van der Waals surface area contributed by atoms with Crippen LogP contribution in [0.3, 0.4) is 0 Å². The quantitative estimate of drug-likeness (QED) is 0.540. The number of hydrogen-bond donors (Lipinski definition) is 0. The summed E-state index contributed by atoms with van der Waals surface area (Å²) < 4.78 is 2.08. The van der Waals surface area contributed by atoms with Crippen LogP contribution in [0.2, 0.25) is 0 Å². The molecular formula is C24H28N4OS. The molecule has 2 aromatic carbocycles. The topological polar surface area (TPSA) is 51.0 Å². The first-order chi connectivity index (χ1) is 14.8. The Balaban J connectivity index is 1.51. The second-order valence-electron chi connectivity index (χ2n) is 7.67. The van der Waals surface area contributed by atoms with Crippen molar-refractivity contribution in [3.8, 4) is 5.69 Å². The second-order valence-corrected chi connectivity index (χ2v) is 8.61. The number of aromatic nitrogens is 3. The Kier molecular flexibility index (Phi) is 7.19. The zero-order chi connectivity index (χ0) is 20.6. The number of carbonyl (C=O) groups is 1. The normalized spacial score (nSPS) is 14.9. The zero-order valence-electron chi connectivity index (χ0n) is 17.2. The van der Waals surface area contributed by atoms with Gasteiger partial charge in [0.25, 0.3) is 0 Å². The van der Waals surface area contributed by atoms with E-state index in [9.17, 15) is 4.79 Å². The molecule has 1 aliphatic rings. The average Bonchev–Trinajstić information content (AvgIpc) is 3.15. The van der Waals surface area contributed by atoms with Crippen molar-refractivity contribution < 1.29 is 4.79 Å². The number of nitrogens with zero attached hydrogens (tertiary/aromatic N) is 4. The van der Waals surface area contributed by atoms with Crippen LogP contribution in [0, 0.1) is 0 Å². The van der Waals surface area contributed by atoms with Crippen LogP contribution >= 0.6 is 11.8 Å². The van der Waals surface area contributed by atoms with E-state index in [1.54, 1.807) is 0 Å². The summed E-state index contributed by atoms with van der Waals surface area (Å²) in [5.41, 5.74) is 2.21. The number of para-hydroxylation sites is 1. The third-order valence-corrected chi connectivity index (χ3v) is 6.37. The summed E-state index contributed by atoms with van der Waals surface area (Å²) in [5, 5.41) is 9.69. The van der Waals surface area contributed by atoms with Crippen LogP contribution in [0.4, 0.5) is 0 Å². The summed E-state index contributed by atoms with van der Waals surface area (Å²) in [4.78, 5) is 14.9. The second kappa shape index (κ2) is 10.4. The van der Waals surface area contributed by atoms with Crippen LogP contribution in [0.25, 0.3) is 5.69 Å². The van der Waals surface area contributed by atoms with E-state index in [0.717, 1.165) is 42.6 Å². The van der Waals surface area contributed by atoms with E-state index >= 15 is 0 Å². The van der Waals surface area contributed by atoms with Gasteiger partial charge >= 0.3 is 0 Å². The molecule has 0 radical (unpaired) electrons. The molecule has 0 spiro atoms. The van der Waals surface area contributed by atoms with Crippen molar-refractivity contribution in [2.24, 2.45) is 0 Å². The van der Waals surface area contributed by atoms with Crippen LogP contribution in [-0.2, 0) is 11.2 Å². The minimum Gasteiger partial charge on any atom is -0.342 e. The summed E-state index contributed by atoms with van der Waals surface area (Å²) in [6, 6.07) is 20.4. The highest BCUT2D eigenvalue weighted by molar-refractivity contribution is 7.99. The lowest BCUT2D eigenvalue weighted by Gasteiger charge is -2.24. The number of amides is 1. The molecular weight excluding hydrogens is 392 g/mol. The fraction of sp³-hybridized carbons (Fsp3) is 0.375. The van der Waals surface area contributed by atoms with Gasteiger partial charge < -0.3 is 4.90 Å². The maximum atomic E-state index is 12.8. The summed E-state index contributed by atoms with van der Waals surface area (Å²) >= 11 is 1.49. The van der Waals surface area contributed by atoms with E-state index in [2.05, 4.69) is 39.0 Å². The summed E-state index contributed by atoms with van der Waals surface area (Å²) in [6.45, 7) is 1.76. The van der Waals surface area contributed by atoms with Gasteiger partial charge in [-0.2, -0.15) is 0 Å². The van der Waals surface area contributed by atoms with Gasteiger partial charge in [-0.1, -0.05) is 79.6 Å². The number of benzene rings is 2. The third-order valence-electron chi connectivity index (χ3n) is 5.45. The highest BCUT2D eigenvalue weighted by Gasteiger charge is 2.19. The molecule has 4 rings (SSSR count). The number of rotatable bonds is 6. The summed E-state index contributed by atoms with van der Waals surface area (Å²) in [5.74, 6) is 1.48. The first-order valence-electron chi connectivity index (χ1n) is 10.8. The van der Waals surface area contributed by atoms with Crippen molar-refractivity contribution in [1.29, 1.82) is 0 Å². The minimum absolute atomic E-state index is 0.203. The van der Waals surface area contributed by atoms with Gasteiger partial charge in [-0.05, 0) is 30.5 Å². The van der Waals surface area contributed by atoms with Crippen molar-refractivity contribution in [1.82, 2.24) is 19.7 Å². The highest BCUT2D eigenvalue weighted by atomic mass is 32.2. The third kappa shape index (κ3) is 5.30. The number of likely N-dealkylation sites (tertiary alicyclic amines) is 1. The van der Waals surface area contributed by atoms with E-state index in [0.29, 0.717) is 12.2 Å². The van der Waals surface area contributed by atoms with Crippen molar-refractivity contribution in [3.05, 3.63) is 72.1 Å². The molecule has 1 fully saturated rings. The van der Waals surface area contributed by atoms with Crippen molar-refractivity contribution in [2.75, 3.05) is 18.8 Å². The molecule has 1 aliphatic heterocycles. The standard InChI is InChI=1S/C24H28N4OS/c29-23(27-16-10-2-1-3-11-17-27)19-30-24-26-25-22(18-20-12-6-4-7-13-20)28(24)21-14-8-5-9-15-21/h4-9,12-15H,1-3,10-11,16-19H2. The molecule has 6 heteroatoms. The molecule has 3 aromatic rings. The minimum atomic E-state index is 0.203. The predicted molar refractivity (Wildman–Crippen MR) is 121 cm³/mol. The molecule has 0 bridgehead atoms. The highest BCUT2D eigenvalue weighted by Crippen LogP contribution is 2.24. The van der Waals surface area contributed by atoms with Gasteiger partial charge in [-0.3, -0.25) is 9.36 Å². The van der Waals surface area contributed by atoms with Crippen molar-refractivity contribution >= 4 is 17.7 Å². The Labute approximate surface area is 182 Å². The Hall–Kier alpha value is -2.60. The lowest BCUT2D eigenvalue weighted by atomic mass is 10.1. The van der Waals surface area contributed by atoms with Crippen molar-refractivity contribution in [3.63, 3.8) is 0 Å². The van der Waals surface area contributed by atoms with Crippen LogP contribution < -0.4 is 0 Å². The molecule has 0 atom stereocenters. The molecule has 0 unspecified atom stereocenters. The summed E-state index contributed by atoms with van der Waals surface area (Å²) in [6.07, 6.45) is 6.66. The first kappa shape index (κ1) is 20.7. The van der Waals surface area contributed by atoms with Gasteiger partial charge in [0.05, 0.1) is 5.75 Å². The average molecular weight is 421 g/mol. The maximum Gasteiger partial charge on any atom is 0.233 e. The molecule has 1 saturated heterocycles. The van der Waals surface area contributed by atoms with Crippen molar-refractivity contribution in [2.45, 2.75) is 43.7 Å². The maximum absolute atomic E-state index is 12.8. The Morgan fingerprint density at radius 2 is 1.47 bits per heavy atom. The summed E-state index contributed by atoms with van der Waals surface area (Å²) in [7, 11) is 0. The predicted octanol–water partition coefficient (Wildman–Crippen LogP) is 4.74. The Morgan fingerprint density at radius 3 is 2.17 bits per heavy atom.